The number of hydrogen-bond acceptors (Lipinski definition) is 5. The van der Waals surface area contributed by atoms with E-state index in [1.54, 1.807) is 0 Å². The Morgan fingerprint density at radius 1 is 0.800 bits per heavy atom. The number of rotatable bonds is 10. The lowest BCUT2D eigenvalue weighted by molar-refractivity contribution is -0.114. The van der Waals surface area contributed by atoms with Crippen LogP contribution in [0.2, 0.25) is 0 Å². The summed E-state index contributed by atoms with van der Waals surface area (Å²) in [4.78, 5) is 35.1. The fraction of sp³-hybridized carbons (Fsp3) is 0.263. The van der Waals surface area contributed by atoms with E-state index in [-0.39, 0.29) is 11.8 Å². The van der Waals surface area contributed by atoms with E-state index in [2.05, 4.69) is 70.6 Å². The highest BCUT2D eigenvalue weighted by Crippen LogP contribution is 2.42. The van der Waals surface area contributed by atoms with Gasteiger partial charge in [-0.1, -0.05) is 90.6 Å². The van der Waals surface area contributed by atoms with Gasteiger partial charge < -0.3 is 15.1 Å². The first-order valence-corrected chi connectivity index (χ1v) is 16.6. The van der Waals surface area contributed by atoms with E-state index in [1.165, 1.54) is 17.3 Å². The fourth-order valence-electron chi connectivity index (χ4n) is 5.88. The Morgan fingerprint density at radius 3 is 2.27 bits per heavy atom. The molecule has 0 aromatic heterocycles. The number of hydrogen-bond donors (Lipinski definition) is 1. The molecule has 4 aromatic rings. The average Bonchev–Trinajstić information content (AvgIpc) is 3.07. The first-order valence-electron chi connectivity index (χ1n) is 15.8. The van der Waals surface area contributed by atoms with Crippen LogP contribution in [0.25, 0.3) is 6.08 Å². The highest BCUT2D eigenvalue weighted by molar-refractivity contribution is 8.04. The molecule has 2 heterocycles. The van der Waals surface area contributed by atoms with Crippen LogP contribution in [0.3, 0.4) is 0 Å². The van der Waals surface area contributed by atoms with Gasteiger partial charge in [-0.3, -0.25) is 14.5 Å². The number of carbonyl (C=O) groups is 2. The van der Waals surface area contributed by atoms with Crippen LogP contribution >= 0.6 is 11.8 Å². The largest absolute Gasteiger partial charge is 0.352 e. The second kappa shape index (κ2) is 14.7. The Morgan fingerprint density at radius 2 is 1.49 bits per heavy atom. The van der Waals surface area contributed by atoms with Crippen molar-refractivity contribution in [1.82, 2.24) is 15.1 Å². The van der Waals surface area contributed by atoms with E-state index in [9.17, 15) is 9.59 Å². The molecule has 6 rings (SSSR count). The van der Waals surface area contributed by atoms with Crippen LogP contribution in [0.4, 0.5) is 5.69 Å². The molecule has 4 aromatic carbocycles. The van der Waals surface area contributed by atoms with Crippen molar-refractivity contribution in [1.29, 1.82) is 0 Å². The number of carbonyl (C=O) groups excluding carboxylic acids is 2. The summed E-state index contributed by atoms with van der Waals surface area (Å²) in [5.41, 5.74) is 6.11. The SMILES string of the molecule is Cc1ccccc1CN1C(=O)/C(=C\c2ccc(C(=O)NCCCN3CCN(Cc4ccccc4)CC3)cc2)Sc2ccccc21. The van der Waals surface area contributed by atoms with Gasteiger partial charge in [-0.25, -0.2) is 0 Å². The number of thioether (sulfide) groups is 1. The van der Waals surface area contributed by atoms with E-state index >= 15 is 0 Å². The predicted molar refractivity (Wildman–Crippen MR) is 184 cm³/mol. The van der Waals surface area contributed by atoms with Gasteiger partial charge in [0, 0.05) is 49.7 Å². The van der Waals surface area contributed by atoms with E-state index in [0.717, 1.165) is 73.0 Å². The highest BCUT2D eigenvalue weighted by atomic mass is 32.2. The maximum absolute atomic E-state index is 13.7. The van der Waals surface area contributed by atoms with Crippen molar-refractivity contribution in [3.05, 3.63) is 136 Å². The summed E-state index contributed by atoms with van der Waals surface area (Å²) in [6.45, 7) is 9.52. The molecule has 0 atom stereocenters. The number of benzene rings is 4. The Labute approximate surface area is 270 Å². The normalized spacial score (nSPS) is 16.5. The van der Waals surface area contributed by atoms with Crippen LogP contribution in [0.5, 0.6) is 0 Å². The summed E-state index contributed by atoms with van der Waals surface area (Å²) in [7, 11) is 0. The zero-order chi connectivity index (χ0) is 31.0. The highest BCUT2D eigenvalue weighted by Gasteiger charge is 2.29. The van der Waals surface area contributed by atoms with Gasteiger partial charge in [0.25, 0.3) is 11.8 Å². The minimum Gasteiger partial charge on any atom is -0.352 e. The molecule has 0 bridgehead atoms. The zero-order valence-corrected chi connectivity index (χ0v) is 26.6. The van der Waals surface area contributed by atoms with Gasteiger partial charge in [-0.05, 0) is 72.5 Å². The second-order valence-electron chi connectivity index (χ2n) is 11.7. The number of nitrogens with zero attached hydrogens (tertiary/aromatic N) is 3. The summed E-state index contributed by atoms with van der Waals surface area (Å²) in [5, 5.41) is 3.08. The van der Waals surface area contributed by atoms with Crippen LogP contribution in [-0.4, -0.2) is 60.9 Å². The molecule has 2 amide bonds. The smallest absolute Gasteiger partial charge is 0.265 e. The van der Waals surface area contributed by atoms with Gasteiger partial charge in [0.1, 0.15) is 0 Å². The molecule has 1 saturated heterocycles. The molecule has 2 aliphatic heterocycles. The fourth-order valence-corrected chi connectivity index (χ4v) is 6.94. The lowest BCUT2D eigenvalue weighted by atomic mass is 10.1. The van der Waals surface area contributed by atoms with E-state index in [4.69, 9.17) is 0 Å². The van der Waals surface area contributed by atoms with Crippen molar-refractivity contribution in [3.8, 4) is 0 Å². The van der Waals surface area contributed by atoms with Crippen LogP contribution in [0.1, 0.15) is 39.0 Å². The standard InChI is InChI=1S/C38H40N4O2S/c1-29-10-5-6-13-33(29)28-42-34-14-7-8-15-35(34)45-36(38(42)44)26-30-16-18-32(19-17-30)37(43)39-20-9-21-40-22-24-41(25-23-40)27-31-11-3-2-4-12-31/h2-8,10-19,26H,9,20-25,27-28H2,1H3,(H,39,43)/b36-26+. The predicted octanol–water partition coefficient (Wildman–Crippen LogP) is 6.61. The molecule has 45 heavy (non-hydrogen) atoms. The number of amides is 2. The molecular weight excluding hydrogens is 577 g/mol. The van der Waals surface area contributed by atoms with E-state index in [0.29, 0.717) is 23.6 Å². The van der Waals surface area contributed by atoms with Gasteiger partial charge in [0.05, 0.1) is 17.1 Å². The van der Waals surface area contributed by atoms with Crippen molar-refractivity contribution in [3.63, 3.8) is 0 Å². The van der Waals surface area contributed by atoms with Crippen LogP contribution < -0.4 is 10.2 Å². The molecule has 0 radical (unpaired) electrons. The quantitative estimate of drug-likeness (QED) is 0.161. The molecule has 0 aliphatic carbocycles. The maximum atomic E-state index is 13.7. The monoisotopic (exact) mass is 616 g/mol. The minimum absolute atomic E-state index is 0.0126. The van der Waals surface area contributed by atoms with E-state index in [1.807, 2.05) is 65.6 Å². The Bertz CT molecular complexity index is 1650. The first kappa shape index (κ1) is 30.8. The Kier molecular flexibility index (Phi) is 10.1. The van der Waals surface area contributed by atoms with Gasteiger partial charge in [-0.2, -0.15) is 0 Å². The summed E-state index contributed by atoms with van der Waals surface area (Å²) in [5.74, 6) is -0.0790. The van der Waals surface area contributed by atoms with Crippen molar-refractivity contribution in [2.75, 3.05) is 44.2 Å². The third-order valence-corrected chi connectivity index (χ3v) is 9.62. The summed E-state index contributed by atoms with van der Waals surface area (Å²) in [6, 6.07) is 34.4. The van der Waals surface area contributed by atoms with Gasteiger partial charge in [0.2, 0.25) is 0 Å². The zero-order valence-electron chi connectivity index (χ0n) is 25.8. The first-order chi connectivity index (χ1) is 22.0. The number of piperazine rings is 1. The average molecular weight is 617 g/mol. The number of fused-ring (bicyclic) bond motifs is 1. The number of anilines is 1. The topological polar surface area (TPSA) is 55.9 Å². The number of para-hydroxylation sites is 1. The van der Waals surface area contributed by atoms with Gasteiger partial charge in [0.15, 0.2) is 0 Å². The Hall–Kier alpha value is -4.17. The third kappa shape index (κ3) is 7.92. The lowest BCUT2D eigenvalue weighted by Gasteiger charge is -2.34. The molecule has 0 unspecified atom stereocenters. The van der Waals surface area contributed by atoms with Crippen molar-refractivity contribution < 1.29 is 9.59 Å². The van der Waals surface area contributed by atoms with E-state index < -0.39 is 0 Å². The number of nitrogens with one attached hydrogen (secondary N) is 1. The van der Waals surface area contributed by atoms with Crippen molar-refractivity contribution >= 4 is 35.3 Å². The van der Waals surface area contributed by atoms with Crippen molar-refractivity contribution in [2.45, 2.75) is 31.3 Å². The molecule has 1 N–H and O–H groups in total. The minimum atomic E-state index is -0.0664. The molecule has 7 heteroatoms. The molecule has 230 valence electrons. The Balaban J connectivity index is 0.998. The molecule has 2 aliphatic rings. The molecule has 0 saturated carbocycles. The summed E-state index contributed by atoms with van der Waals surface area (Å²) in [6.07, 6.45) is 2.85. The second-order valence-corrected chi connectivity index (χ2v) is 12.8. The van der Waals surface area contributed by atoms with Crippen LogP contribution in [0.15, 0.2) is 113 Å². The molecule has 1 fully saturated rings. The molecule has 6 nitrogen and oxygen atoms in total. The van der Waals surface area contributed by atoms with Crippen LogP contribution in [0, 0.1) is 6.92 Å². The number of aryl methyl sites for hydroxylation is 1. The summed E-state index contributed by atoms with van der Waals surface area (Å²) < 4.78 is 0. The maximum Gasteiger partial charge on any atom is 0.265 e. The van der Waals surface area contributed by atoms with Gasteiger partial charge >= 0.3 is 0 Å². The molecular formula is C38H40N4O2S. The third-order valence-electron chi connectivity index (χ3n) is 8.54. The lowest BCUT2D eigenvalue weighted by Crippen LogP contribution is -2.46. The summed E-state index contributed by atoms with van der Waals surface area (Å²) >= 11 is 1.50. The van der Waals surface area contributed by atoms with Crippen molar-refractivity contribution in [2.24, 2.45) is 0 Å². The molecule has 0 spiro atoms. The van der Waals surface area contributed by atoms with Gasteiger partial charge in [-0.15, -0.1) is 0 Å². The van der Waals surface area contributed by atoms with Crippen LogP contribution in [-0.2, 0) is 17.9 Å².